The third kappa shape index (κ3) is 3.66. The van der Waals surface area contributed by atoms with Gasteiger partial charge in [-0.05, 0) is 47.7 Å². The molecule has 0 bridgehead atoms. The second-order valence-corrected chi connectivity index (χ2v) is 10.2. The van der Waals surface area contributed by atoms with Crippen molar-refractivity contribution in [1.82, 2.24) is 0 Å². The smallest absolute Gasteiger partial charge is 0.167 e. The number of pyridine rings is 2. The Morgan fingerprint density at radius 2 is 1.06 bits per heavy atom. The first-order valence-electron chi connectivity index (χ1n) is 12.3. The summed E-state index contributed by atoms with van der Waals surface area (Å²) in [4.78, 5) is 0. The van der Waals surface area contributed by atoms with Crippen LogP contribution in [0.1, 0.15) is 36.1 Å². The molecule has 0 saturated heterocycles. The molecular weight excluding hydrogens is 424 g/mol. The lowest BCUT2D eigenvalue weighted by Crippen LogP contribution is -2.32. The van der Waals surface area contributed by atoms with Crippen molar-refractivity contribution < 1.29 is 9.13 Å². The Morgan fingerprint density at radius 3 is 1.69 bits per heavy atom. The van der Waals surface area contributed by atoms with E-state index in [-0.39, 0.29) is 5.41 Å². The molecule has 0 spiro atoms. The molecule has 0 amide bonds. The number of hydrogen-bond donors (Lipinski definition) is 0. The second kappa shape index (κ2) is 8.02. The molecule has 2 heterocycles. The summed E-state index contributed by atoms with van der Waals surface area (Å²) in [5.74, 6) is 0. The Morgan fingerprint density at radius 1 is 0.514 bits per heavy atom. The van der Waals surface area contributed by atoms with E-state index in [2.05, 4.69) is 147 Å². The minimum Gasteiger partial charge on any atom is -0.167 e. The van der Waals surface area contributed by atoms with Gasteiger partial charge in [-0.25, -0.2) is 0 Å². The normalized spacial score (nSPS) is 13.4. The van der Waals surface area contributed by atoms with Crippen LogP contribution in [-0.4, -0.2) is 0 Å². The summed E-state index contributed by atoms with van der Waals surface area (Å²) in [6.45, 7) is 8.94. The zero-order valence-electron chi connectivity index (χ0n) is 20.8. The van der Waals surface area contributed by atoms with E-state index >= 15 is 0 Å². The number of fused-ring (bicyclic) bond motifs is 3. The summed E-state index contributed by atoms with van der Waals surface area (Å²) in [6.07, 6.45) is 8.80. The van der Waals surface area contributed by atoms with Gasteiger partial charge in [-0.15, -0.1) is 0 Å². The lowest BCUT2D eigenvalue weighted by Gasteiger charge is -2.20. The largest absolute Gasteiger partial charge is 0.210 e. The Bertz CT molecular complexity index is 1540. The molecule has 0 N–H and O–H groups in total. The fourth-order valence-corrected chi connectivity index (χ4v) is 5.24. The molecule has 3 aromatic carbocycles. The van der Waals surface area contributed by atoms with Gasteiger partial charge >= 0.3 is 0 Å². The zero-order chi connectivity index (χ0) is 24.2. The average Bonchev–Trinajstić information content (AvgIpc) is 3.11. The van der Waals surface area contributed by atoms with Gasteiger partial charge in [0.1, 0.15) is 0 Å². The second-order valence-electron chi connectivity index (χ2n) is 10.2. The van der Waals surface area contributed by atoms with Crippen LogP contribution < -0.4 is 9.13 Å². The van der Waals surface area contributed by atoms with Crippen LogP contribution in [-0.2, 0) is 5.41 Å². The molecule has 0 aliphatic heterocycles. The van der Waals surface area contributed by atoms with Crippen LogP contribution in [0.25, 0.3) is 33.6 Å². The van der Waals surface area contributed by atoms with Crippen LogP contribution in [0.4, 0.5) is 0 Å². The van der Waals surface area contributed by atoms with Gasteiger partial charge in [0.25, 0.3) is 0 Å². The van der Waals surface area contributed by atoms with Crippen molar-refractivity contribution in [2.75, 3.05) is 0 Å². The van der Waals surface area contributed by atoms with E-state index in [4.69, 9.17) is 0 Å². The van der Waals surface area contributed by atoms with Crippen molar-refractivity contribution in [1.29, 1.82) is 0 Å². The van der Waals surface area contributed by atoms with E-state index < -0.39 is 0 Å². The maximum atomic E-state index is 2.39. The van der Waals surface area contributed by atoms with Gasteiger partial charge in [-0.2, -0.15) is 9.13 Å². The highest BCUT2D eigenvalue weighted by Crippen LogP contribution is 2.49. The van der Waals surface area contributed by atoms with Crippen LogP contribution in [0, 0.1) is 13.8 Å². The van der Waals surface area contributed by atoms with E-state index in [1.54, 1.807) is 0 Å². The first-order valence-corrected chi connectivity index (χ1v) is 12.3. The fourth-order valence-electron chi connectivity index (χ4n) is 5.24. The van der Waals surface area contributed by atoms with Crippen molar-refractivity contribution in [3.8, 4) is 33.6 Å². The number of aromatic nitrogens is 2. The standard InChI is InChI=1S/C33H30N2/c1-23-5-10-27(11-6-23)34-18-15-25(16-19-34)26-9-14-29-30-17-20-35(28-12-7-24(2)8-13-28)22-32(30)33(3,4)31(29)21-26/h5-22H,1-4H3/q+2. The molecule has 5 aromatic rings. The Balaban J connectivity index is 1.36. The molecular formula is C33H30N2+2. The van der Waals surface area contributed by atoms with E-state index in [1.165, 1.54) is 55.9 Å². The van der Waals surface area contributed by atoms with Crippen molar-refractivity contribution in [2.24, 2.45) is 0 Å². The highest BCUT2D eigenvalue weighted by molar-refractivity contribution is 5.82. The summed E-state index contributed by atoms with van der Waals surface area (Å²) < 4.78 is 4.41. The third-order valence-corrected chi connectivity index (χ3v) is 7.44. The van der Waals surface area contributed by atoms with Gasteiger partial charge in [0.15, 0.2) is 24.8 Å². The maximum absolute atomic E-state index is 2.39. The molecule has 0 radical (unpaired) electrons. The molecule has 0 saturated carbocycles. The molecule has 170 valence electrons. The quantitative estimate of drug-likeness (QED) is 0.264. The molecule has 6 rings (SSSR count). The highest BCUT2D eigenvalue weighted by atomic mass is 14.9. The van der Waals surface area contributed by atoms with E-state index in [1.807, 2.05) is 0 Å². The van der Waals surface area contributed by atoms with Gasteiger partial charge in [0.05, 0.1) is 0 Å². The molecule has 2 heteroatoms. The van der Waals surface area contributed by atoms with Gasteiger partial charge in [-0.1, -0.05) is 61.4 Å². The number of hydrogen-bond acceptors (Lipinski definition) is 0. The van der Waals surface area contributed by atoms with Gasteiger partial charge in [0, 0.05) is 53.4 Å². The van der Waals surface area contributed by atoms with Gasteiger partial charge < -0.3 is 0 Å². The van der Waals surface area contributed by atoms with Crippen LogP contribution >= 0.6 is 0 Å². The number of rotatable bonds is 3. The molecule has 1 aliphatic carbocycles. The number of benzene rings is 3. The van der Waals surface area contributed by atoms with E-state index in [0.717, 1.165) is 0 Å². The predicted octanol–water partition coefficient (Wildman–Crippen LogP) is 6.83. The van der Waals surface area contributed by atoms with Crippen molar-refractivity contribution in [2.45, 2.75) is 33.1 Å². The van der Waals surface area contributed by atoms with Crippen LogP contribution in [0.3, 0.4) is 0 Å². The Hall–Kier alpha value is -4.04. The molecule has 2 nitrogen and oxygen atoms in total. The van der Waals surface area contributed by atoms with Gasteiger partial charge in [0.2, 0.25) is 11.4 Å². The summed E-state index contributed by atoms with van der Waals surface area (Å²) >= 11 is 0. The average molecular weight is 455 g/mol. The lowest BCUT2D eigenvalue weighted by molar-refractivity contribution is -0.596. The van der Waals surface area contributed by atoms with Crippen LogP contribution in [0.15, 0.2) is 110 Å². The van der Waals surface area contributed by atoms with E-state index in [9.17, 15) is 0 Å². The first-order chi connectivity index (χ1) is 16.9. The molecule has 0 fully saturated rings. The Labute approximate surface area is 207 Å². The number of aryl methyl sites for hydroxylation is 2. The highest BCUT2D eigenvalue weighted by Gasteiger charge is 2.38. The third-order valence-electron chi connectivity index (χ3n) is 7.44. The van der Waals surface area contributed by atoms with Gasteiger partial charge in [-0.3, -0.25) is 0 Å². The van der Waals surface area contributed by atoms with Crippen molar-refractivity contribution >= 4 is 0 Å². The minimum absolute atomic E-state index is 0.0645. The fraction of sp³-hybridized carbons (Fsp3) is 0.152. The monoisotopic (exact) mass is 454 g/mol. The summed E-state index contributed by atoms with van der Waals surface area (Å²) in [7, 11) is 0. The number of nitrogens with zero attached hydrogens (tertiary/aromatic N) is 2. The minimum atomic E-state index is -0.0645. The van der Waals surface area contributed by atoms with Crippen molar-refractivity contribution in [3.63, 3.8) is 0 Å². The molecule has 35 heavy (non-hydrogen) atoms. The SMILES string of the molecule is Cc1ccc(-[n+]2ccc(-c3ccc4c(c3)C(C)(C)c3c[n+](-c5ccc(C)cc5)ccc3-4)cc2)cc1. The maximum Gasteiger partial charge on any atom is 0.210 e. The summed E-state index contributed by atoms with van der Waals surface area (Å²) in [6, 6.07) is 31.0. The summed E-state index contributed by atoms with van der Waals surface area (Å²) in [5.41, 5.74) is 12.8. The first kappa shape index (κ1) is 21.5. The Kier molecular flexibility index (Phi) is 4.93. The molecule has 0 atom stereocenters. The van der Waals surface area contributed by atoms with Crippen molar-refractivity contribution in [3.05, 3.63) is 132 Å². The molecule has 2 aromatic heterocycles. The zero-order valence-corrected chi connectivity index (χ0v) is 20.8. The predicted molar refractivity (Wildman–Crippen MR) is 142 cm³/mol. The lowest BCUT2D eigenvalue weighted by atomic mass is 9.82. The van der Waals surface area contributed by atoms with Crippen LogP contribution in [0.5, 0.6) is 0 Å². The topological polar surface area (TPSA) is 7.76 Å². The summed E-state index contributed by atoms with van der Waals surface area (Å²) in [5, 5.41) is 0. The van der Waals surface area contributed by atoms with Crippen LogP contribution in [0.2, 0.25) is 0 Å². The molecule has 1 aliphatic rings. The van der Waals surface area contributed by atoms with E-state index in [0.29, 0.717) is 0 Å². The molecule has 0 unspecified atom stereocenters.